The number of aromatic amines is 1. The van der Waals surface area contributed by atoms with Gasteiger partial charge in [-0.05, 0) is 65.3 Å². The van der Waals surface area contributed by atoms with Crippen molar-refractivity contribution >= 4 is 23.4 Å². The van der Waals surface area contributed by atoms with Gasteiger partial charge in [-0.15, -0.1) is 0 Å². The lowest BCUT2D eigenvalue weighted by Gasteiger charge is -2.30. The van der Waals surface area contributed by atoms with Crippen molar-refractivity contribution in [3.05, 3.63) is 40.7 Å². The van der Waals surface area contributed by atoms with E-state index in [9.17, 15) is 9.59 Å². The molecule has 1 aromatic heterocycles. The smallest absolute Gasteiger partial charge is 0.410 e. The second-order valence-electron chi connectivity index (χ2n) is 8.81. The van der Waals surface area contributed by atoms with Crippen molar-refractivity contribution in [2.75, 3.05) is 29.9 Å². The van der Waals surface area contributed by atoms with E-state index in [0.717, 1.165) is 41.3 Å². The third-order valence-electron chi connectivity index (χ3n) is 5.39. The van der Waals surface area contributed by atoms with E-state index in [4.69, 9.17) is 4.74 Å². The maximum absolute atomic E-state index is 13.0. The van der Waals surface area contributed by atoms with Crippen LogP contribution in [0.3, 0.4) is 0 Å². The van der Waals surface area contributed by atoms with Gasteiger partial charge in [0.15, 0.2) is 5.69 Å². The third-order valence-corrected chi connectivity index (χ3v) is 5.39. The van der Waals surface area contributed by atoms with Crippen LogP contribution in [0.2, 0.25) is 0 Å². The summed E-state index contributed by atoms with van der Waals surface area (Å²) in [7, 11) is 0. The Morgan fingerprint density at radius 3 is 2.58 bits per heavy atom. The highest BCUT2D eigenvalue weighted by Gasteiger charge is 2.30. The fourth-order valence-electron chi connectivity index (χ4n) is 3.72. The number of fused-ring (bicyclic) bond motifs is 1. The van der Waals surface area contributed by atoms with E-state index in [-0.39, 0.29) is 12.0 Å². The van der Waals surface area contributed by atoms with Gasteiger partial charge in [-0.3, -0.25) is 9.89 Å². The van der Waals surface area contributed by atoms with Gasteiger partial charge in [0.05, 0.1) is 6.54 Å². The van der Waals surface area contributed by atoms with Gasteiger partial charge < -0.3 is 19.9 Å². The van der Waals surface area contributed by atoms with Crippen LogP contribution in [0.5, 0.6) is 0 Å². The first kappa shape index (κ1) is 22.7. The molecule has 0 radical (unpaired) electrons. The number of anilines is 2. The molecule has 0 atom stereocenters. The molecule has 2 aromatic rings. The zero-order valence-electron chi connectivity index (χ0n) is 19.3. The summed E-state index contributed by atoms with van der Waals surface area (Å²) in [4.78, 5) is 29.3. The molecule has 2 heterocycles. The summed E-state index contributed by atoms with van der Waals surface area (Å²) in [6.45, 7) is 14.4. The van der Waals surface area contributed by atoms with Crippen molar-refractivity contribution in [2.24, 2.45) is 0 Å². The van der Waals surface area contributed by atoms with Crippen molar-refractivity contribution in [3.63, 3.8) is 0 Å². The maximum Gasteiger partial charge on any atom is 0.410 e. The Morgan fingerprint density at radius 1 is 1.26 bits per heavy atom. The predicted octanol–water partition coefficient (Wildman–Crippen LogP) is 4.11. The van der Waals surface area contributed by atoms with Gasteiger partial charge >= 0.3 is 6.09 Å². The van der Waals surface area contributed by atoms with Crippen LogP contribution in [-0.4, -0.2) is 52.3 Å². The number of aromatic nitrogens is 2. The normalized spacial score (nSPS) is 13.5. The standard InChI is InChI=1S/C23H33N5O3/c1-7-27(8-2)16-9-10-18(15(3)13-16)24-21(29)20-17-14-28(12-11-19(17)25-26-20)22(30)31-23(4,5)6/h9-10,13H,7-8,11-12,14H2,1-6H3,(H,24,29)(H,25,26). The Morgan fingerprint density at radius 2 is 1.97 bits per heavy atom. The number of nitrogens with one attached hydrogen (secondary N) is 2. The number of H-pyrrole nitrogens is 1. The molecule has 0 fully saturated rings. The van der Waals surface area contributed by atoms with Crippen molar-refractivity contribution in [3.8, 4) is 0 Å². The van der Waals surface area contributed by atoms with E-state index in [1.165, 1.54) is 0 Å². The summed E-state index contributed by atoms with van der Waals surface area (Å²) in [6.07, 6.45) is 0.223. The van der Waals surface area contributed by atoms with Gasteiger partial charge in [-0.2, -0.15) is 5.10 Å². The molecule has 1 aliphatic rings. The minimum Gasteiger partial charge on any atom is -0.444 e. The zero-order chi connectivity index (χ0) is 22.8. The lowest BCUT2D eigenvalue weighted by Crippen LogP contribution is -2.40. The number of aryl methyl sites for hydroxylation is 1. The Labute approximate surface area is 183 Å². The van der Waals surface area contributed by atoms with Gasteiger partial charge in [-0.1, -0.05) is 0 Å². The van der Waals surface area contributed by atoms with Crippen LogP contribution in [0.4, 0.5) is 16.2 Å². The number of hydrogen-bond donors (Lipinski definition) is 2. The lowest BCUT2D eigenvalue weighted by atomic mass is 10.0. The van der Waals surface area contributed by atoms with Crippen LogP contribution >= 0.6 is 0 Å². The van der Waals surface area contributed by atoms with Gasteiger partial charge in [0, 0.05) is 48.7 Å². The fraction of sp³-hybridized carbons (Fsp3) is 0.522. The molecule has 0 saturated carbocycles. The van der Waals surface area contributed by atoms with Gasteiger partial charge in [0.2, 0.25) is 0 Å². The molecule has 8 nitrogen and oxygen atoms in total. The molecule has 31 heavy (non-hydrogen) atoms. The Hall–Kier alpha value is -3.03. The molecule has 0 bridgehead atoms. The summed E-state index contributed by atoms with van der Waals surface area (Å²) in [6, 6.07) is 6.01. The van der Waals surface area contributed by atoms with Crippen molar-refractivity contribution in [1.29, 1.82) is 0 Å². The molecule has 8 heteroatoms. The molecule has 0 unspecified atom stereocenters. The Kier molecular flexibility index (Phi) is 6.57. The molecule has 2 N–H and O–H groups in total. The first-order chi connectivity index (χ1) is 14.6. The number of nitrogens with zero attached hydrogens (tertiary/aromatic N) is 3. The Bertz CT molecular complexity index is 957. The van der Waals surface area contributed by atoms with Gasteiger partial charge in [0.1, 0.15) is 5.60 Å². The monoisotopic (exact) mass is 427 g/mol. The third kappa shape index (κ3) is 5.18. The van der Waals surface area contributed by atoms with Gasteiger partial charge in [-0.25, -0.2) is 4.79 Å². The molecule has 3 rings (SSSR count). The highest BCUT2D eigenvalue weighted by molar-refractivity contribution is 6.04. The number of ether oxygens (including phenoxy) is 1. The molecule has 2 amide bonds. The van der Waals surface area contributed by atoms with Crippen LogP contribution in [0, 0.1) is 6.92 Å². The van der Waals surface area contributed by atoms with Crippen molar-refractivity contribution in [2.45, 2.75) is 60.1 Å². The van der Waals surface area contributed by atoms with Crippen LogP contribution < -0.4 is 10.2 Å². The van der Waals surface area contributed by atoms with Crippen molar-refractivity contribution < 1.29 is 14.3 Å². The highest BCUT2D eigenvalue weighted by Crippen LogP contribution is 2.26. The second kappa shape index (κ2) is 8.99. The number of hydrogen-bond acceptors (Lipinski definition) is 5. The average Bonchev–Trinajstić information content (AvgIpc) is 3.13. The molecule has 0 saturated heterocycles. The number of carbonyl (C=O) groups excluding carboxylic acids is 2. The molecular weight excluding hydrogens is 394 g/mol. The van der Waals surface area contributed by atoms with Crippen LogP contribution in [-0.2, 0) is 17.7 Å². The van der Waals surface area contributed by atoms with Crippen LogP contribution in [0.1, 0.15) is 61.9 Å². The summed E-state index contributed by atoms with van der Waals surface area (Å²) >= 11 is 0. The highest BCUT2D eigenvalue weighted by atomic mass is 16.6. The second-order valence-corrected chi connectivity index (χ2v) is 8.81. The summed E-state index contributed by atoms with van der Waals surface area (Å²) in [5.41, 5.74) is 4.24. The fourth-order valence-corrected chi connectivity index (χ4v) is 3.72. The van der Waals surface area contributed by atoms with Crippen LogP contribution in [0.15, 0.2) is 18.2 Å². The van der Waals surface area contributed by atoms with E-state index in [2.05, 4.69) is 40.3 Å². The van der Waals surface area contributed by atoms with Gasteiger partial charge in [0.25, 0.3) is 5.91 Å². The summed E-state index contributed by atoms with van der Waals surface area (Å²) < 4.78 is 5.48. The quantitative estimate of drug-likeness (QED) is 0.749. The van der Waals surface area contributed by atoms with E-state index >= 15 is 0 Å². The largest absolute Gasteiger partial charge is 0.444 e. The first-order valence-corrected chi connectivity index (χ1v) is 10.8. The molecule has 1 aromatic carbocycles. The zero-order valence-corrected chi connectivity index (χ0v) is 19.3. The van der Waals surface area contributed by atoms with Crippen LogP contribution in [0.25, 0.3) is 0 Å². The molecule has 0 spiro atoms. The van der Waals surface area contributed by atoms with E-state index in [0.29, 0.717) is 25.2 Å². The SMILES string of the molecule is CCN(CC)c1ccc(NC(=O)c2n[nH]c3c2CN(C(=O)OC(C)(C)C)CC3)c(C)c1. The minimum absolute atomic E-state index is 0.290. The molecule has 168 valence electrons. The van der Waals surface area contributed by atoms with E-state index in [1.54, 1.807) is 4.90 Å². The van der Waals surface area contributed by atoms with E-state index in [1.807, 2.05) is 39.8 Å². The Balaban J connectivity index is 1.75. The van der Waals surface area contributed by atoms with E-state index < -0.39 is 5.60 Å². The van der Waals surface area contributed by atoms with Crippen molar-refractivity contribution in [1.82, 2.24) is 15.1 Å². The number of amides is 2. The molecule has 0 aliphatic carbocycles. The lowest BCUT2D eigenvalue weighted by molar-refractivity contribution is 0.0222. The molecular formula is C23H33N5O3. The maximum atomic E-state index is 13.0. The average molecular weight is 428 g/mol. The topological polar surface area (TPSA) is 90.6 Å². The molecule has 1 aliphatic heterocycles. The predicted molar refractivity (Wildman–Crippen MR) is 122 cm³/mol. The number of benzene rings is 1. The minimum atomic E-state index is -0.567. The summed E-state index contributed by atoms with van der Waals surface area (Å²) in [5.74, 6) is -0.290. The number of rotatable bonds is 5. The first-order valence-electron chi connectivity index (χ1n) is 10.8. The number of carbonyl (C=O) groups is 2. The summed E-state index contributed by atoms with van der Waals surface area (Å²) in [5, 5.41) is 10.2.